The van der Waals surface area contributed by atoms with Gasteiger partial charge in [-0.3, -0.25) is 4.79 Å². The van der Waals surface area contributed by atoms with Crippen molar-refractivity contribution in [2.45, 2.75) is 6.04 Å². The minimum absolute atomic E-state index is 0.0584. The number of hydrogen-bond acceptors (Lipinski definition) is 2. The number of likely N-dealkylation sites (N-methyl/N-ethyl adjacent to an activating group) is 1. The third kappa shape index (κ3) is 3.86. The number of methoxy groups -OCH3 is 1. The van der Waals surface area contributed by atoms with E-state index in [2.05, 4.69) is 25.5 Å². The fraction of sp³-hybridized carbons (Fsp3) is 0.227. The standard InChI is InChI=1S/C22H24N2O2/c1-24(2)20(19-10-6-7-11-21(19)26-3)15-23-22(25)18-13-12-16-8-4-5-9-17(16)14-18/h4-14,20H,15H2,1-3H3,(H,23,25)/p+1/t20-/m1/s1. The Morgan fingerprint density at radius 2 is 1.69 bits per heavy atom. The molecular weight excluding hydrogens is 324 g/mol. The Balaban J connectivity index is 1.77. The predicted molar refractivity (Wildman–Crippen MR) is 105 cm³/mol. The summed E-state index contributed by atoms with van der Waals surface area (Å²) in [7, 11) is 5.84. The molecule has 26 heavy (non-hydrogen) atoms. The van der Waals surface area contributed by atoms with E-state index in [0.29, 0.717) is 12.1 Å². The number of para-hydroxylation sites is 1. The molecule has 0 heterocycles. The SMILES string of the molecule is COc1ccccc1[C@@H](CNC(=O)c1ccc2ccccc2c1)[NH+](C)C. The zero-order valence-electron chi connectivity index (χ0n) is 15.5. The summed E-state index contributed by atoms with van der Waals surface area (Å²) in [5.74, 6) is 0.788. The van der Waals surface area contributed by atoms with E-state index in [-0.39, 0.29) is 11.9 Å². The minimum atomic E-state index is -0.0584. The van der Waals surface area contributed by atoms with Crippen LogP contribution in [0.4, 0.5) is 0 Å². The fourth-order valence-electron chi connectivity index (χ4n) is 3.21. The highest BCUT2D eigenvalue weighted by Gasteiger charge is 2.22. The highest BCUT2D eigenvalue weighted by atomic mass is 16.5. The molecule has 0 fully saturated rings. The highest BCUT2D eigenvalue weighted by Crippen LogP contribution is 2.22. The molecule has 3 aromatic carbocycles. The fourth-order valence-corrected chi connectivity index (χ4v) is 3.21. The molecule has 0 aromatic heterocycles. The lowest BCUT2D eigenvalue weighted by molar-refractivity contribution is -0.890. The average molecular weight is 349 g/mol. The summed E-state index contributed by atoms with van der Waals surface area (Å²) < 4.78 is 5.49. The van der Waals surface area contributed by atoms with Gasteiger partial charge in [-0.25, -0.2) is 0 Å². The Morgan fingerprint density at radius 1 is 1.00 bits per heavy atom. The Labute approximate surface area is 154 Å². The third-order valence-corrected chi connectivity index (χ3v) is 4.69. The van der Waals surface area contributed by atoms with E-state index in [4.69, 9.17) is 4.74 Å². The molecule has 4 heteroatoms. The third-order valence-electron chi connectivity index (χ3n) is 4.69. The lowest BCUT2D eigenvalue weighted by atomic mass is 10.0. The lowest BCUT2D eigenvalue weighted by Gasteiger charge is -2.23. The molecule has 0 spiro atoms. The normalized spacial score (nSPS) is 12.2. The molecule has 0 aliphatic carbocycles. The lowest BCUT2D eigenvalue weighted by Crippen LogP contribution is -3.07. The number of amides is 1. The maximum absolute atomic E-state index is 12.6. The topological polar surface area (TPSA) is 42.8 Å². The number of carbonyl (C=O) groups excluding carboxylic acids is 1. The van der Waals surface area contributed by atoms with Crippen LogP contribution in [0.15, 0.2) is 66.7 Å². The van der Waals surface area contributed by atoms with E-state index in [1.54, 1.807) is 7.11 Å². The predicted octanol–water partition coefficient (Wildman–Crippen LogP) is 2.46. The van der Waals surface area contributed by atoms with Crippen LogP contribution >= 0.6 is 0 Å². The van der Waals surface area contributed by atoms with Crippen molar-refractivity contribution >= 4 is 16.7 Å². The van der Waals surface area contributed by atoms with Gasteiger partial charge in [0.25, 0.3) is 5.91 Å². The number of rotatable bonds is 6. The second kappa shape index (κ2) is 8.02. The minimum Gasteiger partial charge on any atom is -0.496 e. The summed E-state index contributed by atoms with van der Waals surface area (Å²) in [6.07, 6.45) is 0. The van der Waals surface area contributed by atoms with E-state index < -0.39 is 0 Å². The van der Waals surface area contributed by atoms with Crippen molar-refractivity contribution in [2.75, 3.05) is 27.7 Å². The van der Waals surface area contributed by atoms with Crippen molar-refractivity contribution < 1.29 is 14.4 Å². The molecule has 0 unspecified atom stereocenters. The van der Waals surface area contributed by atoms with Gasteiger partial charge in [0.1, 0.15) is 11.8 Å². The molecule has 0 aliphatic rings. The van der Waals surface area contributed by atoms with Crippen molar-refractivity contribution in [3.63, 3.8) is 0 Å². The van der Waals surface area contributed by atoms with E-state index in [1.165, 1.54) is 4.90 Å². The van der Waals surface area contributed by atoms with Crippen molar-refractivity contribution in [1.29, 1.82) is 0 Å². The van der Waals surface area contributed by atoms with Crippen LogP contribution in [0.1, 0.15) is 22.0 Å². The second-order valence-electron chi connectivity index (χ2n) is 6.64. The van der Waals surface area contributed by atoms with E-state index in [0.717, 1.165) is 22.1 Å². The summed E-state index contributed by atoms with van der Waals surface area (Å²) >= 11 is 0. The van der Waals surface area contributed by atoms with Gasteiger partial charge in [-0.15, -0.1) is 0 Å². The van der Waals surface area contributed by atoms with Crippen LogP contribution in [-0.2, 0) is 0 Å². The van der Waals surface area contributed by atoms with Crippen molar-refractivity contribution in [2.24, 2.45) is 0 Å². The summed E-state index contributed by atoms with van der Waals surface area (Å²) in [5, 5.41) is 5.28. The molecule has 0 aliphatic heterocycles. The molecule has 3 rings (SSSR count). The molecule has 3 aromatic rings. The zero-order valence-corrected chi connectivity index (χ0v) is 15.5. The van der Waals surface area contributed by atoms with Crippen LogP contribution in [-0.4, -0.2) is 33.7 Å². The summed E-state index contributed by atoms with van der Waals surface area (Å²) in [4.78, 5) is 13.9. The zero-order chi connectivity index (χ0) is 18.5. The van der Waals surface area contributed by atoms with Crippen LogP contribution in [0.25, 0.3) is 10.8 Å². The molecule has 1 amide bonds. The smallest absolute Gasteiger partial charge is 0.251 e. The maximum atomic E-state index is 12.6. The molecular formula is C22H25N2O2+. The van der Waals surface area contributed by atoms with Gasteiger partial charge in [-0.2, -0.15) is 0 Å². The summed E-state index contributed by atoms with van der Waals surface area (Å²) in [6.45, 7) is 0.536. The first-order valence-electron chi connectivity index (χ1n) is 8.80. The van der Waals surface area contributed by atoms with Gasteiger partial charge in [0.05, 0.1) is 33.3 Å². The van der Waals surface area contributed by atoms with Crippen molar-refractivity contribution in [1.82, 2.24) is 5.32 Å². The van der Waals surface area contributed by atoms with E-state index in [9.17, 15) is 4.79 Å². The molecule has 0 radical (unpaired) electrons. The van der Waals surface area contributed by atoms with E-state index >= 15 is 0 Å². The Kier molecular flexibility index (Phi) is 5.54. The van der Waals surface area contributed by atoms with Crippen LogP contribution in [0.5, 0.6) is 5.75 Å². The monoisotopic (exact) mass is 349 g/mol. The molecule has 2 N–H and O–H groups in total. The first-order valence-corrected chi connectivity index (χ1v) is 8.80. The number of hydrogen-bond donors (Lipinski definition) is 2. The molecule has 134 valence electrons. The molecule has 1 atom stereocenters. The first kappa shape index (κ1) is 18.0. The van der Waals surface area contributed by atoms with Gasteiger partial charge in [0.2, 0.25) is 0 Å². The number of ether oxygens (including phenoxy) is 1. The summed E-state index contributed by atoms with van der Waals surface area (Å²) in [5.41, 5.74) is 1.77. The van der Waals surface area contributed by atoms with Gasteiger partial charge < -0.3 is 15.0 Å². The van der Waals surface area contributed by atoms with Crippen LogP contribution in [0.2, 0.25) is 0 Å². The van der Waals surface area contributed by atoms with Gasteiger partial charge in [0.15, 0.2) is 0 Å². The van der Waals surface area contributed by atoms with Gasteiger partial charge >= 0.3 is 0 Å². The van der Waals surface area contributed by atoms with Gasteiger partial charge in [-0.1, -0.05) is 42.5 Å². The van der Waals surface area contributed by atoms with Crippen LogP contribution in [0, 0.1) is 0 Å². The summed E-state index contributed by atoms with van der Waals surface area (Å²) in [6, 6.07) is 21.9. The largest absolute Gasteiger partial charge is 0.496 e. The molecule has 4 nitrogen and oxygen atoms in total. The number of quaternary nitrogens is 1. The Bertz CT molecular complexity index is 905. The van der Waals surface area contributed by atoms with Crippen LogP contribution in [0.3, 0.4) is 0 Å². The maximum Gasteiger partial charge on any atom is 0.251 e. The molecule has 0 saturated carbocycles. The van der Waals surface area contributed by atoms with Crippen LogP contribution < -0.4 is 15.0 Å². The molecule has 0 bridgehead atoms. The number of carbonyl (C=O) groups is 1. The van der Waals surface area contributed by atoms with Gasteiger partial charge in [-0.05, 0) is 35.0 Å². The molecule has 0 saturated heterocycles. The first-order chi connectivity index (χ1) is 12.6. The van der Waals surface area contributed by atoms with Gasteiger partial charge in [0, 0.05) is 5.56 Å². The van der Waals surface area contributed by atoms with Crippen molar-refractivity contribution in [3.8, 4) is 5.75 Å². The van der Waals surface area contributed by atoms with Crippen molar-refractivity contribution in [3.05, 3.63) is 77.9 Å². The number of benzene rings is 3. The Morgan fingerprint density at radius 3 is 2.42 bits per heavy atom. The highest BCUT2D eigenvalue weighted by molar-refractivity contribution is 5.98. The Hall–Kier alpha value is -2.85. The number of fused-ring (bicyclic) bond motifs is 1. The quantitative estimate of drug-likeness (QED) is 0.718. The average Bonchev–Trinajstić information content (AvgIpc) is 2.67. The van der Waals surface area contributed by atoms with E-state index in [1.807, 2.05) is 60.7 Å². The second-order valence-corrected chi connectivity index (χ2v) is 6.64. The number of nitrogens with one attached hydrogen (secondary N) is 2.